The molecule has 0 aliphatic heterocycles. The molecule has 0 atom stereocenters. The lowest BCUT2D eigenvalue weighted by molar-refractivity contribution is 0.000683. The van der Waals surface area contributed by atoms with Crippen molar-refractivity contribution < 1.29 is 36.0 Å². The van der Waals surface area contributed by atoms with E-state index < -0.39 is 17.6 Å². The average molecular weight is 954 g/mol. The van der Waals surface area contributed by atoms with E-state index in [2.05, 4.69) is 115 Å². The van der Waals surface area contributed by atoms with Gasteiger partial charge in [-0.25, -0.2) is 0 Å². The fourth-order valence-corrected chi connectivity index (χ4v) is 14.4. The van der Waals surface area contributed by atoms with Gasteiger partial charge in [-0.05, 0) is 167 Å². The molecule has 0 bridgehead atoms. The second kappa shape index (κ2) is 27.8. The Hall–Kier alpha value is -4.05. The van der Waals surface area contributed by atoms with Crippen molar-refractivity contribution >= 4 is 34.7 Å². The van der Waals surface area contributed by atoms with E-state index in [0.29, 0.717) is 25.3 Å². The first-order chi connectivity index (χ1) is 31.9. The van der Waals surface area contributed by atoms with Crippen LogP contribution in [0.2, 0.25) is 12.1 Å². The van der Waals surface area contributed by atoms with Crippen molar-refractivity contribution in [3.05, 3.63) is 139 Å². The summed E-state index contributed by atoms with van der Waals surface area (Å²) in [5, 5.41) is 0. The number of anilines is 3. The lowest BCUT2D eigenvalue weighted by Gasteiger charge is -2.34. The number of benzene rings is 4. The van der Waals surface area contributed by atoms with Crippen molar-refractivity contribution in [3.63, 3.8) is 0 Å². The minimum atomic E-state index is -2.87. The van der Waals surface area contributed by atoms with Gasteiger partial charge < -0.3 is 40.9 Å². The molecule has 0 aromatic heterocycles. The van der Waals surface area contributed by atoms with Gasteiger partial charge in [-0.3, -0.25) is 0 Å². The van der Waals surface area contributed by atoms with Crippen LogP contribution < -0.4 is 4.90 Å². The predicted octanol–water partition coefficient (Wildman–Crippen LogP) is 15.0. The Morgan fingerprint density at radius 3 is 1.03 bits per heavy atom. The summed E-state index contributed by atoms with van der Waals surface area (Å²) in [6.07, 6.45) is 4.72. The fraction of sp³-hybridized carbons (Fsp3) is 0.500. The normalized spacial score (nSPS) is 12.3. The van der Waals surface area contributed by atoms with Crippen LogP contribution in [0, 0.1) is 0 Å². The monoisotopic (exact) mass is 954 g/mol. The van der Waals surface area contributed by atoms with Crippen molar-refractivity contribution in [1.82, 2.24) is 0 Å². The molecule has 0 saturated carbocycles. The van der Waals surface area contributed by atoms with E-state index in [1.165, 1.54) is 22.3 Å². The highest BCUT2D eigenvalue weighted by Crippen LogP contribution is 2.36. The van der Waals surface area contributed by atoms with Gasteiger partial charge in [0.1, 0.15) is 0 Å². The van der Waals surface area contributed by atoms with Gasteiger partial charge in [-0.2, -0.15) is 0 Å². The van der Waals surface area contributed by atoms with Crippen LogP contribution in [0.5, 0.6) is 0 Å². The number of allylic oxidation sites excluding steroid dienone is 2. The molecule has 0 aliphatic rings. The van der Waals surface area contributed by atoms with Crippen molar-refractivity contribution in [2.45, 2.75) is 170 Å². The maximum absolute atomic E-state index is 6.34. The van der Waals surface area contributed by atoms with E-state index in [-0.39, 0.29) is 36.6 Å². The third-order valence-electron chi connectivity index (χ3n) is 10.4. The first-order valence-corrected chi connectivity index (χ1v) is 28.5. The van der Waals surface area contributed by atoms with Crippen LogP contribution in [0.3, 0.4) is 0 Å². The minimum Gasteiger partial charge on any atom is -0.499 e. The molecule has 4 rings (SSSR count). The maximum Gasteiger partial charge on any atom is 0.501 e. The predicted molar refractivity (Wildman–Crippen MR) is 281 cm³/mol. The third-order valence-corrected chi connectivity index (χ3v) is 17.3. The number of hydrogen-bond donors (Lipinski definition) is 0. The fourth-order valence-electron chi connectivity index (χ4n) is 7.90. The summed E-state index contributed by atoms with van der Waals surface area (Å²) in [6.45, 7) is 33.9. The van der Waals surface area contributed by atoms with Gasteiger partial charge >= 0.3 is 17.6 Å². The number of hydrogen-bond acceptors (Lipinski definition) is 9. The molecule has 4 aromatic carbocycles. The zero-order valence-corrected chi connectivity index (χ0v) is 45.0. The molecule has 0 spiro atoms. The highest BCUT2D eigenvalue weighted by Gasteiger charge is 2.44. The highest BCUT2D eigenvalue weighted by atomic mass is 28.4. The Bertz CT molecular complexity index is 1860. The number of rotatable bonds is 32. The Kier molecular flexibility index (Phi) is 23.1. The topological polar surface area (TPSA) is 77.1 Å². The van der Waals surface area contributed by atoms with Gasteiger partial charge in [0, 0.05) is 78.6 Å². The summed E-state index contributed by atoms with van der Waals surface area (Å²) in [6, 6.07) is 38.3. The lowest BCUT2D eigenvalue weighted by atomic mass is 10.0. The van der Waals surface area contributed by atoms with E-state index in [4.69, 9.17) is 36.0 Å². The number of nitrogens with zero attached hydrogens (tertiary/aromatic N) is 1. The molecule has 0 amide bonds. The van der Waals surface area contributed by atoms with Gasteiger partial charge in [0.05, 0.1) is 24.7 Å². The Morgan fingerprint density at radius 2 is 0.716 bits per heavy atom. The van der Waals surface area contributed by atoms with E-state index in [0.717, 1.165) is 67.1 Å². The van der Waals surface area contributed by atoms with E-state index in [9.17, 15) is 0 Å². The molecule has 0 heterocycles. The minimum absolute atomic E-state index is 0.0132. The van der Waals surface area contributed by atoms with Crippen LogP contribution in [-0.2, 0) is 48.9 Å². The number of ether oxygens (including phenoxy) is 2. The second-order valence-electron chi connectivity index (χ2n) is 18.9. The second-order valence-corrected chi connectivity index (χ2v) is 24.1. The van der Waals surface area contributed by atoms with Crippen molar-refractivity contribution in [3.8, 4) is 11.1 Å². The molecule has 67 heavy (non-hydrogen) atoms. The molecule has 9 nitrogen and oxygen atoms in total. The summed E-state index contributed by atoms with van der Waals surface area (Å²) in [7, 11) is -5.74. The molecule has 0 saturated heterocycles. The highest BCUT2D eigenvalue weighted by molar-refractivity contribution is 6.61. The Balaban J connectivity index is 1.38. The van der Waals surface area contributed by atoms with Crippen LogP contribution in [0.1, 0.15) is 120 Å². The molecule has 11 heteroatoms. The van der Waals surface area contributed by atoms with Crippen LogP contribution in [0.25, 0.3) is 11.1 Å². The van der Waals surface area contributed by atoms with E-state index in [1.807, 2.05) is 89.2 Å². The molecule has 4 aromatic rings. The summed E-state index contributed by atoms with van der Waals surface area (Å²) in [5.41, 5.74) is 8.04. The first kappa shape index (κ1) is 55.5. The van der Waals surface area contributed by atoms with Crippen molar-refractivity contribution in [1.29, 1.82) is 0 Å². The van der Waals surface area contributed by atoms with Crippen molar-refractivity contribution in [2.75, 3.05) is 18.1 Å². The Labute approximate surface area is 407 Å². The van der Waals surface area contributed by atoms with E-state index >= 15 is 0 Å². The van der Waals surface area contributed by atoms with Crippen LogP contribution >= 0.6 is 0 Å². The molecule has 0 fully saturated rings. The molecule has 0 radical (unpaired) electrons. The van der Waals surface area contributed by atoms with Crippen molar-refractivity contribution in [2.24, 2.45) is 0 Å². The molecular formula is C56H83NO8Si2. The van der Waals surface area contributed by atoms with Gasteiger partial charge in [-0.1, -0.05) is 79.9 Å². The summed E-state index contributed by atoms with van der Waals surface area (Å²) >= 11 is 0. The van der Waals surface area contributed by atoms with Crippen LogP contribution in [-0.4, -0.2) is 67.4 Å². The summed E-state index contributed by atoms with van der Waals surface area (Å²) in [5.74, 6) is 1.55. The van der Waals surface area contributed by atoms with Gasteiger partial charge in [0.15, 0.2) is 0 Å². The SMILES string of the molecule is C=C(CCc1ccc(N(c2ccc(CCC(=C)OCCC[Si](OC(C)C)(OC(C)C)OC(C)C)cc2)c2ccc(-c3ccccc3)cc2)cc1)OCCC[Si](OC(C)C)(OC(C)C)OC(C)C. The van der Waals surface area contributed by atoms with Crippen LogP contribution in [0.15, 0.2) is 128 Å². The first-order valence-electron chi connectivity index (χ1n) is 24.7. The molecular weight excluding hydrogens is 871 g/mol. The smallest absolute Gasteiger partial charge is 0.499 e. The van der Waals surface area contributed by atoms with E-state index in [1.54, 1.807) is 0 Å². The third kappa shape index (κ3) is 19.8. The quantitative estimate of drug-likeness (QED) is 0.0270. The van der Waals surface area contributed by atoms with Gasteiger partial charge in [0.2, 0.25) is 0 Å². The largest absolute Gasteiger partial charge is 0.501 e. The summed E-state index contributed by atoms with van der Waals surface area (Å²) in [4.78, 5) is 2.31. The average Bonchev–Trinajstić information content (AvgIpc) is 3.25. The lowest BCUT2D eigenvalue weighted by Crippen LogP contribution is -2.50. The zero-order valence-electron chi connectivity index (χ0n) is 43.0. The molecule has 0 N–H and O–H groups in total. The standard InChI is InChI=1S/C56H83NO8Si2/c1-42(2)60-66(61-43(3)4,62-44(5)6)40-18-38-58-48(13)22-24-50-26-32-54(33-27-50)57(56-36-30-53(31-37-56)52-20-16-15-17-21-52)55-34-28-51(29-35-55)25-23-49(14)59-39-19-41-67(63-45(7)8,64-46(9)10)65-47(11)12/h15-17,20-21,26-37,42-47H,13-14,18-19,22-25,38-41H2,1-12H3. The zero-order chi connectivity index (χ0) is 49.0. The summed E-state index contributed by atoms with van der Waals surface area (Å²) < 4.78 is 50.3. The number of aryl methyl sites for hydroxylation is 2. The molecule has 0 unspecified atom stereocenters. The van der Waals surface area contributed by atoms with Gasteiger partial charge in [0.25, 0.3) is 0 Å². The maximum atomic E-state index is 6.34. The molecule has 368 valence electrons. The van der Waals surface area contributed by atoms with Crippen LogP contribution in [0.4, 0.5) is 17.1 Å². The van der Waals surface area contributed by atoms with Gasteiger partial charge in [-0.15, -0.1) is 0 Å². The Morgan fingerprint density at radius 1 is 0.418 bits per heavy atom. The molecule has 0 aliphatic carbocycles.